The van der Waals surface area contributed by atoms with Gasteiger partial charge in [0, 0.05) is 6.07 Å². The summed E-state index contributed by atoms with van der Waals surface area (Å²) in [4.78, 5) is 11.4. The largest absolute Gasteiger partial charge is 0.434 e. The van der Waals surface area contributed by atoms with Crippen molar-refractivity contribution >= 4 is 5.97 Å². The molecule has 82 valence electrons. The Kier molecular flexibility index (Phi) is 3.38. The zero-order valence-corrected chi connectivity index (χ0v) is 8.76. The first-order valence-corrected chi connectivity index (χ1v) is 5.13. The molecule has 0 aliphatic heterocycles. The van der Waals surface area contributed by atoms with Crippen LogP contribution >= 0.6 is 0 Å². The maximum Gasteiger partial charge on any atom is 0.313 e. The van der Waals surface area contributed by atoms with Crippen LogP contribution < -0.4 is 4.74 Å². The van der Waals surface area contributed by atoms with Gasteiger partial charge < -0.3 is 9.15 Å². The summed E-state index contributed by atoms with van der Waals surface area (Å²) < 4.78 is 9.88. The number of aryl methyl sites for hydroxylation is 1. The van der Waals surface area contributed by atoms with E-state index in [0.717, 1.165) is 5.56 Å². The summed E-state index contributed by atoms with van der Waals surface area (Å²) >= 11 is 0. The van der Waals surface area contributed by atoms with Crippen LogP contribution in [-0.4, -0.2) is 5.97 Å². The monoisotopic (exact) mass is 216 g/mol. The normalized spacial score (nSPS) is 10.0. The summed E-state index contributed by atoms with van der Waals surface area (Å²) in [7, 11) is 0. The molecule has 1 aromatic carbocycles. The Labute approximate surface area is 93.7 Å². The van der Waals surface area contributed by atoms with E-state index >= 15 is 0 Å². The second kappa shape index (κ2) is 5.16. The van der Waals surface area contributed by atoms with E-state index in [1.165, 1.54) is 6.26 Å². The van der Waals surface area contributed by atoms with Gasteiger partial charge in [0.2, 0.25) is 0 Å². The quantitative estimate of drug-likeness (QED) is 0.738. The molecule has 3 heteroatoms. The smallest absolute Gasteiger partial charge is 0.313 e. The van der Waals surface area contributed by atoms with Gasteiger partial charge in [0.25, 0.3) is 5.95 Å². The van der Waals surface area contributed by atoms with Gasteiger partial charge in [-0.2, -0.15) is 0 Å². The van der Waals surface area contributed by atoms with Gasteiger partial charge in [0.1, 0.15) is 0 Å². The van der Waals surface area contributed by atoms with Gasteiger partial charge in [-0.25, -0.2) is 0 Å². The lowest BCUT2D eigenvalue weighted by Gasteiger charge is -2.01. The van der Waals surface area contributed by atoms with Crippen molar-refractivity contribution < 1.29 is 13.9 Å². The highest BCUT2D eigenvalue weighted by atomic mass is 16.6. The number of esters is 1. The number of carbonyl (C=O) groups excluding carboxylic acids is 1. The maximum absolute atomic E-state index is 11.4. The van der Waals surface area contributed by atoms with E-state index in [4.69, 9.17) is 9.15 Å². The Morgan fingerprint density at radius 2 is 1.94 bits per heavy atom. The van der Waals surface area contributed by atoms with Crippen LogP contribution in [0, 0.1) is 0 Å². The zero-order valence-electron chi connectivity index (χ0n) is 8.76. The van der Waals surface area contributed by atoms with E-state index in [1.54, 1.807) is 12.1 Å². The molecule has 0 aliphatic carbocycles. The van der Waals surface area contributed by atoms with Crippen molar-refractivity contribution in [1.29, 1.82) is 0 Å². The van der Waals surface area contributed by atoms with Crippen molar-refractivity contribution in [1.82, 2.24) is 0 Å². The van der Waals surface area contributed by atoms with Gasteiger partial charge in [-0.15, -0.1) is 0 Å². The van der Waals surface area contributed by atoms with Gasteiger partial charge in [-0.1, -0.05) is 30.3 Å². The van der Waals surface area contributed by atoms with E-state index in [2.05, 4.69) is 0 Å². The minimum absolute atomic E-state index is 0.248. The third-order valence-electron chi connectivity index (χ3n) is 2.17. The summed E-state index contributed by atoms with van der Waals surface area (Å²) in [5.41, 5.74) is 1.12. The highest BCUT2D eigenvalue weighted by Gasteiger charge is 2.06. The summed E-state index contributed by atoms with van der Waals surface area (Å²) in [6.07, 6.45) is 2.50. The number of rotatable bonds is 4. The summed E-state index contributed by atoms with van der Waals surface area (Å²) in [5, 5.41) is 0. The zero-order chi connectivity index (χ0) is 11.2. The molecule has 3 nitrogen and oxygen atoms in total. The molecule has 0 fully saturated rings. The Morgan fingerprint density at radius 1 is 1.12 bits per heavy atom. The van der Waals surface area contributed by atoms with Crippen LogP contribution in [0.4, 0.5) is 0 Å². The minimum atomic E-state index is -0.279. The van der Waals surface area contributed by atoms with Gasteiger partial charge >= 0.3 is 5.97 Å². The fraction of sp³-hybridized carbons (Fsp3) is 0.154. The van der Waals surface area contributed by atoms with Crippen LogP contribution in [-0.2, 0) is 11.2 Å². The van der Waals surface area contributed by atoms with E-state index in [0.29, 0.717) is 12.8 Å². The van der Waals surface area contributed by atoms with E-state index in [9.17, 15) is 4.79 Å². The topological polar surface area (TPSA) is 39.4 Å². The van der Waals surface area contributed by atoms with Gasteiger partial charge in [-0.05, 0) is 18.1 Å². The molecule has 2 aromatic rings. The van der Waals surface area contributed by atoms with E-state index < -0.39 is 0 Å². The fourth-order valence-corrected chi connectivity index (χ4v) is 1.38. The molecular formula is C13H12O3. The van der Waals surface area contributed by atoms with Crippen LogP contribution in [0.15, 0.2) is 53.1 Å². The van der Waals surface area contributed by atoms with Crippen LogP contribution in [0.25, 0.3) is 0 Å². The molecule has 1 heterocycles. The van der Waals surface area contributed by atoms with Crippen molar-refractivity contribution in [3.05, 3.63) is 54.3 Å². The molecule has 0 amide bonds. The molecule has 0 N–H and O–H groups in total. The number of ether oxygens (including phenoxy) is 1. The number of carbonyl (C=O) groups is 1. The van der Waals surface area contributed by atoms with Gasteiger partial charge in [0.05, 0.1) is 12.7 Å². The molecular weight excluding hydrogens is 204 g/mol. The fourth-order valence-electron chi connectivity index (χ4n) is 1.38. The summed E-state index contributed by atoms with van der Waals surface area (Å²) in [6.45, 7) is 0. The Hall–Kier alpha value is -2.03. The lowest BCUT2D eigenvalue weighted by Crippen LogP contribution is -2.08. The molecule has 0 radical (unpaired) electrons. The average Bonchev–Trinajstić information content (AvgIpc) is 2.81. The number of benzene rings is 1. The molecule has 0 saturated carbocycles. The van der Waals surface area contributed by atoms with Gasteiger partial charge in [-0.3, -0.25) is 4.79 Å². The van der Waals surface area contributed by atoms with Crippen molar-refractivity contribution in [3.63, 3.8) is 0 Å². The predicted octanol–water partition coefficient (Wildman–Crippen LogP) is 2.82. The first-order chi connectivity index (χ1) is 7.84. The predicted molar refractivity (Wildman–Crippen MR) is 59.1 cm³/mol. The first kappa shape index (κ1) is 10.5. The van der Waals surface area contributed by atoms with Crippen molar-refractivity contribution in [2.45, 2.75) is 12.8 Å². The van der Waals surface area contributed by atoms with Crippen LogP contribution in [0.3, 0.4) is 0 Å². The summed E-state index contributed by atoms with van der Waals surface area (Å²) in [5.74, 6) is -0.0307. The SMILES string of the molecule is O=C(CCc1ccccc1)Oc1ccco1. The highest BCUT2D eigenvalue weighted by molar-refractivity contribution is 5.71. The molecule has 0 bridgehead atoms. The maximum atomic E-state index is 11.4. The highest BCUT2D eigenvalue weighted by Crippen LogP contribution is 2.11. The number of hydrogen-bond acceptors (Lipinski definition) is 3. The lowest BCUT2D eigenvalue weighted by molar-refractivity contribution is -0.135. The van der Waals surface area contributed by atoms with E-state index in [1.807, 2.05) is 30.3 Å². The van der Waals surface area contributed by atoms with Crippen molar-refractivity contribution in [3.8, 4) is 5.95 Å². The van der Waals surface area contributed by atoms with Crippen LogP contribution in [0.5, 0.6) is 5.95 Å². The molecule has 0 atom stereocenters. The van der Waals surface area contributed by atoms with Crippen LogP contribution in [0.1, 0.15) is 12.0 Å². The van der Waals surface area contributed by atoms with Crippen molar-refractivity contribution in [2.75, 3.05) is 0 Å². The Bertz CT molecular complexity index is 431. The Morgan fingerprint density at radius 3 is 2.62 bits per heavy atom. The molecule has 0 spiro atoms. The number of hydrogen-bond donors (Lipinski definition) is 0. The molecule has 2 rings (SSSR count). The molecule has 0 saturated heterocycles. The molecule has 1 aromatic heterocycles. The average molecular weight is 216 g/mol. The van der Waals surface area contributed by atoms with Crippen molar-refractivity contribution in [2.24, 2.45) is 0 Å². The summed E-state index contributed by atoms with van der Waals surface area (Å²) in [6, 6.07) is 13.1. The third kappa shape index (κ3) is 2.98. The number of furan rings is 1. The second-order valence-corrected chi connectivity index (χ2v) is 3.39. The molecule has 16 heavy (non-hydrogen) atoms. The Balaban J connectivity index is 1.80. The first-order valence-electron chi connectivity index (χ1n) is 5.13. The second-order valence-electron chi connectivity index (χ2n) is 3.39. The molecule has 0 unspecified atom stereocenters. The standard InChI is InChI=1S/C13H12O3/c14-12(16-13-7-4-10-15-13)9-8-11-5-2-1-3-6-11/h1-7,10H,8-9H2. The minimum Gasteiger partial charge on any atom is -0.434 e. The molecule has 0 aliphatic rings. The third-order valence-corrected chi connectivity index (χ3v) is 2.17. The lowest BCUT2D eigenvalue weighted by atomic mass is 10.1. The van der Waals surface area contributed by atoms with Crippen LogP contribution in [0.2, 0.25) is 0 Å². The van der Waals surface area contributed by atoms with E-state index in [-0.39, 0.29) is 11.9 Å². The van der Waals surface area contributed by atoms with Gasteiger partial charge in [0.15, 0.2) is 0 Å².